The number of aryl methyl sites for hydroxylation is 1. The van der Waals surface area contributed by atoms with Gasteiger partial charge in [0.1, 0.15) is 0 Å². The first-order valence-corrected chi connectivity index (χ1v) is 11.7. The smallest absolute Gasteiger partial charge is 0.229 e. The Labute approximate surface area is 194 Å². The Morgan fingerprint density at radius 2 is 1.73 bits per heavy atom. The summed E-state index contributed by atoms with van der Waals surface area (Å²) in [7, 11) is 0. The third kappa shape index (κ3) is 3.67. The van der Waals surface area contributed by atoms with Crippen LogP contribution in [0.3, 0.4) is 0 Å². The zero-order valence-electron chi connectivity index (χ0n) is 19.3. The van der Waals surface area contributed by atoms with E-state index in [-0.39, 0.29) is 24.2 Å². The monoisotopic (exact) mass is 439 g/mol. The molecule has 4 aromatic rings. The Morgan fingerprint density at radius 3 is 2.52 bits per heavy atom. The summed E-state index contributed by atoms with van der Waals surface area (Å²) in [6.45, 7) is 7.67. The molecule has 0 bridgehead atoms. The second-order valence-electron chi connectivity index (χ2n) is 9.10. The van der Waals surface area contributed by atoms with E-state index >= 15 is 0 Å². The number of hydrogen-bond donors (Lipinski definition) is 1. The number of fused-ring (bicyclic) bond motifs is 3. The van der Waals surface area contributed by atoms with Gasteiger partial charge in [-0.05, 0) is 48.7 Å². The average molecular weight is 440 g/mol. The number of hydrogen-bond acceptors (Lipinski definition) is 2. The lowest BCUT2D eigenvalue weighted by Crippen LogP contribution is -2.28. The third-order valence-corrected chi connectivity index (χ3v) is 6.70. The van der Waals surface area contributed by atoms with Crippen LogP contribution in [0.15, 0.2) is 66.7 Å². The lowest BCUT2D eigenvalue weighted by Gasteiger charge is -2.22. The minimum absolute atomic E-state index is 0.00437. The Morgan fingerprint density at radius 1 is 1.00 bits per heavy atom. The average Bonchev–Trinajstić information content (AvgIpc) is 3.36. The summed E-state index contributed by atoms with van der Waals surface area (Å²) in [6.07, 6.45) is 0.232. The van der Waals surface area contributed by atoms with Gasteiger partial charge in [-0.15, -0.1) is 0 Å². The van der Waals surface area contributed by atoms with Crippen molar-refractivity contribution >= 4 is 45.0 Å². The molecule has 1 atom stereocenters. The lowest BCUT2D eigenvalue weighted by molar-refractivity contribution is -0.122. The van der Waals surface area contributed by atoms with E-state index in [1.807, 2.05) is 36.4 Å². The molecule has 3 aromatic carbocycles. The lowest BCUT2D eigenvalue weighted by atomic mass is 10.0. The summed E-state index contributed by atoms with van der Waals surface area (Å²) >= 11 is 0. The van der Waals surface area contributed by atoms with Crippen molar-refractivity contribution in [2.45, 2.75) is 39.7 Å². The number of nitrogens with one attached hydrogen (secondary N) is 1. The van der Waals surface area contributed by atoms with E-state index in [1.165, 1.54) is 10.9 Å². The second kappa shape index (κ2) is 8.39. The maximum atomic E-state index is 13.1. The highest BCUT2D eigenvalue weighted by atomic mass is 16.2. The topological polar surface area (TPSA) is 54.3 Å². The van der Waals surface area contributed by atoms with Gasteiger partial charge >= 0.3 is 0 Å². The number of carbonyl (C=O) groups excluding carboxylic acids is 2. The number of aromatic nitrogens is 1. The van der Waals surface area contributed by atoms with E-state index in [1.54, 1.807) is 4.90 Å². The predicted octanol–water partition coefficient (Wildman–Crippen LogP) is 5.93. The first-order chi connectivity index (χ1) is 16.0. The molecule has 168 valence electrons. The van der Waals surface area contributed by atoms with E-state index in [0.717, 1.165) is 34.4 Å². The number of nitrogens with zero attached hydrogens (tertiary/aromatic N) is 2. The van der Waals surface area contributed by atoms with Gasteiger partial charge in [-0.1, -0.05) is 50.2 Å². The second-order valence-corrected chi connectivity index (χ2v) is 9.10. The van der Waals surface area contributed by atoms with Gasteiger partial charge in [0.15, 0.2) is 0 Å². The molecule has 1 N–H and O–H groups in total. The number of rotatable bonds is 5. The van der Waals surface area contributed by atoms with Gasteiger partial charge in [-0.25, -0.2) is 0 Å². The molecule has 0 unspecified atom stereocenters. The largest absolute Gasteiger partial charge is 0.341 e. The van der Waals surface area contributed by atoms with Crippen LogP contribution in [0.2, 0.25) is 0 Å². The standard InChI is InChI=1S/C28H29N3O2/c1-4-30-25-12-8-6-10-22(25)23-16-20(13-14-26(23)30)29-28(33)19-15-27(32)31(17-19)24-11-7-5-9-21(24)18(2)3/h5-14,16,18-19H,4,15,17H2,1-3H3,(H,29,33)/t19-/m1/s1. The predicted molar refractivity (Wildman–Crippen MR) is 135 cm³/mol. The summed E-state index contributed by atoms with van der Waals surface area (Å²) in [5.74, 6) is -0.166. The fraction of sp³-hybridized carbons (Fsp3) is 0.286. The van der Waals surface area contributed by atoms with E-state index in [2.05, 4.69) is 61.0 Å². The van der Waals surface area contributed by atoms with Crippen molar-refractivity contribution in [3.05, 3.63) is 72.3 Å². The number of anilines is 2. The molecule has 5 heteroatoms. The summed E-state index contributed by atoms with van der Waals surface area (Å²) in [4.78, 5) is 27.7. The number of benzene rings is 3. The van der Waals surface area contributed by atoms with Gasteiger partial charge < -0.3 is 14.8 Å². The van der Waals surface area contributed by atoms with Crippen LogP contribution in [0, 0.1) is 5.92 Å². The fourth-order valence-electron chi connectivity index (χ4n) is 5.05. The highest BCUT2D eigenvalue weighted by molar-refractivity contribution is 6.10. The first-order valence-electron chi connectivity index (χ1n) is 11.7. The minimum Gasteiger partial charge on any atom is -0.341 e. The first kappa shape index (κ1) is 21.3. The molecule has 0 radical (unpaired) electrons. The van der Waals surface area contributed by atoms with Gasteiger partial charge in [0.2, 0.25) is 11.8 Å². The van der Waals surface area contributed by atoms with Crippen molar-refractivity contribution in [2.75, 3.05) is 16.8 Å². The Bertz CT molecular complexity index is 1370. The molecule has 2 heterocycles. The Hall–Kier alpha value is -3.60. The number of carbonyl (C=O) groups is 2. The number of amides is 2. The Kier molecular flexibility index (Phi) is 5.41. The molecule has 0 aliphatic carbocycles. The van der Waals surface area contributed by atoms with Gasteiger partial charge in [-0.3, -0.25) is 9.59 Å². The molecule has 1 aromatic heterocycles. The van der Waals surface area contributed by atoms with Crippen molar-refractivity contribution in [3.8, 4) is 0 Å². The highest BCUT2D eigenvalue weighted by Crippen LogP contribution is 2.34. The molecule has 33 heavy (non-hydrogen) atoms. The van der Waals surface area contributed by atoms with Crippen molar-refractivity contribution in [2.24, 2.45) is 5.92 Å². The van der Waals surface area contributed by atoms with Crippen LogP contribution in [0.1, 0.15) is 38.7 Å². The Balaban J connectivity index is 1.39. The molecule has 1 saturated heterocycles. The van der Waals surface area contributed by atoms with Crippen LogP contribution in [-0.4, -0.2) is 22.9 Å². The van der Waals surface area contributed by atoms with Crippen LogP contribution in [0.5, 0.6) is 0 Å². The molecule has 5 nitrogen and oxygen atoms in total. The van der Waals surface area contributed by atoms with Gasteiger partial charge in [0.25, 0.3) is 0 Å². The highest BCUT2D eigenvalue weighted by Gasteiger charge is 2.36. The maximum Gasteiger partial charge on any atom is 0.229 e. The molecule has 1 fully saturated rings. The normalized spacial score (nSPS) is 16.3. The molecular formula is C28H29N3O2. The van der Waals surface area contributed by atoms with Crippen molar-refractivity contribution in [1.82, 2.24) is 4.57 Å². The van der Waals surface area contributed by atoms with Gasteiger partial charge in [0.05, 0.1) is 5.92 Å². The summed E-state index contributed by atoms with van der Waals surface area (Å²) in [5, 5.41) is 5.37. The molecule has 5 rings (SSSR count). The number of para-hydroxylation sites is 2. The van der Waals surface area contributed by atoms with Crippen LogP contribution >= 0.6 is 0 Å². The third-order valence-electron chi connectivity index (χ3n) is 6.70. The molecule has 1 aliphatic heterocycles. The van der Waals surface area contributed by atoms with Gasteiger partial charge in [0, 0.05) is 52.7 Å². The van der Waals surface area contributed by atoms with E-state index in [9.17, 15) is 9.59 Å². The molecule has 1 aliphatic rings. The zero-order chi connectivity index (χ0) is 23.1. The minimum atomic E-state index is -0.370. The maximum absolute atomic E-state index is 13.1. The van der Waals surface area contributed by atoms with E-state index in [0.29, 0.717) is 12.5 Å². The summed E-state index contributed by atoms with van der Waals surface area (Å²) in [6, 6.07) is 22.4. The quantitative estimate of drug-likeness (QED) is 0.419. The van der Waals surface area contributed by atoms with Crippen LogP contribution in [0.25, 0.3) is 21.8 Å². The van der Waals surface area contributed by atoms with Crippen LogP contribution in [0.4, 0.5) is 11.4 Å². The zero-order valence-corrected chi connectivity index (χ0v) is 19.3. The fourth-order valence-corrected chi connectivity index (χ4v) is 5.05. The molecule has 2 amide bonds. The molecular weight excluding hydrogens is 410 g/mol. The van der Waals surface area contributed by atoms with Crippen molar-refractivity contribution < 1.29 is 9.59 Å². The SMILES string of the molecule is CCn1c2ccccc2c2cc(NC(=O)[C@@H]3CC(=O)N(c4ccccc4C(C)C)C3)ccc21. The van der Waals surface area contributed by atoms with Gasteiger partial charge in [-0.2, -0.15) is 0 Å². The van der Waals surface area contributed by atoms with E-state index < -0.39 is 0 Å². The summed E-state index contributed by atoms with van der Waals surface area (Å²) in [5.41, 5.74) is 5.16. The van der Waals surface area contributed by atoms with E-state index in [4.69, 9.17) is 0 Å². The van der Waals surface area contributed by atoms with Crippen LogP contribution < -0.4 is 10.2 Å². The van der Waals surface area contributed by atoms with Crippen molar-refractivity contribution in [1.29, 1.82) is 0 Å². The van der Waals surface area contributed by atoms with Crippen molar-refractivity contribution in [3.63, 3.8) is 0 Å². The molecule has 0 spiro atoms. The van der Waals surface area contributed by atoms with Crippen LogP contribution in [-0.2, 0) is 16.1 Å². The molecule has 0 saturated carbocycles. The summed E-state index contributed by atoms with van der Waals surface area (Å²) < 4.78 is 2.29.